The minimum Gasteiger partial charge on any atom is -0.496 e. The van der Waals surface area contributed by atoms with Crippen molar-refractivity contribution in [1.82, 2.24) is 9.97 Å². The monoisotopic (exact) mass is 511 g/mol. The number of aldehydes is 1. The first-order chi connectivity index (χ1) is 16.4. The maximum absolute atomic E-state index is 11.2. The van der Waals surface area contributed by atoms with E-state index in [9.17, 15) is 4.79 Å². The number of aromatic nitrogens is 2. The van der Waals surface area contributed by atoms with E-state index in [4.69, 9.17) is 44.3 Å². The van der Waals surface area contributed by atoms with Crippen LogP contribution in [0.25, 0.3) is 33.6 Å². The molecule has 5 nitrogen and oxygen atoms in total. The van der Waals surface area contributed by atoms with Gasteiger partial charge in [0.2, 0.25) is 5.88 Å². The highest BCUT2D eigenvalue weighted by Crippen LogP contribution is 2.42. The Kier molecular flexibility index (Phi) is 7.08. The standard InChI is InChI=1S/C26H18Cl3N2O3/c1-14-20(27)12-21(31-26(14)34-3)19-6-4-5-17(23(19)28)18-9-10-30-25(24(18)29)15-7-8-16(13-32)22(11-15)33-2/h4-13H,1H2,2-3H3. The van der Waals surface area contributed by atoms with Crippen molar-refractivity contribution in [3.8, 4) is 45.3 Å². The molecule has 0 fully saturated rings. The first kappa shape index (κ1) is 24.0. The molecule has 0 bridgehead atoms. The van der Waals surface area contributed by atoms with Crippen molar-refractivity contribution in [2.45, 2.75) is 0 Å². The summed E-state index contributed by atoms with van der Waals surface area (Å²) in [5.74, 6) is 0.752. The molecule has 0 amide bonds. The molecule has 0 saturated heterocycles. The van der Waals surface area contributed by atoms with Gasteiger partial charge >= 0.3 is 0 Å². The Bertz CT molecular complexity index is 1410. The number of hydrogen-bond donors (Lipinski definition) is 0. The van der Waals surface area contributed by atoms with Gasteiger partial charge in [0, 0.05) is 34.0 Å². The van der Waals surface area contributed by atoms with Gasteiger partial charge in [0.15, 0.2) is 6.29 Å². The molecule has 2 heterocycles. The van der Waals surface area contributed by atoms with E-state index in [0.29, 0.717) is 71.5 Å². The zero-order valence-corrected chi connectivity index (χ0v) is 20.5. The fraction of sp³-hybridized carbons (Fsp3) is 0.0769. The fourth-order valence-corrected chi connectivity index (χ4v) is 4.40. The first-order valence-electron chi connectivity index (χ1n) is 10.0. The average molecular weight is 513 g/mol. The number of ether oxygens (including phenoxy) is 2. The normalized spacial score (nSPS) is 10.8. The topological polar surface area (TPSA) is 61.3 Å². The fourth-order valence-electron chi connectivity index (χ4n) is 3.57. The molecule has 0 unspecified atom stereocenters. The molecule has 0 aliphatic rings. The Morgan fingerprint density at radius 1 is 0.912 bits per heavy atom. The smallest absolute Gasteiger partial charge is 0.218 e. The van der Waals surface area contributed by atoms with E-state index in [-0.39, 0.29) is 0 Å². The Balaban J connectivity index is 1.85. The Labute approximate surface area is 212 Å². The van der Waals surface area contributed by atoms with Gasteiger partial charge in [-0.3, -0.25) is 9.78 Å². The van der Waals surface area contributed by atoms with Gasteiger partial charge in [-0.2, -0.15) is 0 Å². The van der Waals surface area contributed by atoms with E-state index < -0.39 is 0 Å². The third-order valence-corrected chi connectivity index (χ3v) is 6.44. The van der Waals surface area contributed by atoms with Crippen LogP contribution in [0.3, 0.4) is 0 Å². The van der Waals surface area contributed by atoms with Gasteiger partial charge in [-0.15, -0.1) is 0 Å². The van der Waals surface area contributed by atoms with Crippen LogP contribution in [0, 0.1) is 6.92 Å². The molecule has 4 rings (SSSR count). The van der Waals surface area contributed by atoms with Crippen molar-refractivity contribution in [2.75, 3.05) is 14.2 Å². The quantitative estimate of drug-likeness (QED) is 0.251. The van der Waals surface area contributed by atoms with Crippen LogP contribution in [-0.2, 0) is 0 Å². The van der Waals surface area contributed by atoms with Crippen molar-refractivity contribution in [2.24, 2.45) is 0 Å². The van der Waals surface area contributed by atoms with Crippen LogP contribution >= 0.6 is 34.8 Å². The summed E-state index contributed by atoms with van der Waals surface area (Å²) in [5, 5.41) is 1.26. The molecule has 0 aliphatic carbocycles. The van der Waals surface area contributed by atoms with E-state index in [1.54, 1.807) is 36.5 Å². The molecule has 0 atom stereocenters. The molecular weight excluding hydrogens is 495 g/mol. The number of methoxy groups -OCH3 is 2. The van der Waals surface area contributed by atoms with Gasteiger partial charge in [0.1, 0.15) is 5.75 Å². The molecular formula is C26H18Cl3N2O3. The lowest BCUT2D eigenvalue weighted by atomic mass is 9.99. The Morgan fingerprint density at radius 2 is 1.65 bits per heavy atom. The van der Waals surface area contributed by atoms with Crippen LogP contribution in [0.1, 0.15) is 15.9 Å². The number of rotatable bonds is 6. The van der Waals surface area contributed by atoms with Crippen molar-refractivity contribution < 1.29 is 14.3 Å². The summed E-state index contributed by atoms with van der Waals surface area (Å²) in [5.41, 5.74) is 4.74. The Hall–Kier alpha value is -3.12. The minimum atomic E-state index is 0.320. The number of carbonyl (C=O) groups excluding carboxylic acids is 1. The lowest BCUT2D eigenvalue weighted by Gasteiger charge is -2.15. The summed E-state index contributed by atoms with van der Waals surface area (Å²) in [7, 11) is 3.00. The van der Waals surface area contributed by atoms with Crippen LogP contribution in [0.15, 0.2) is 54.7 Å². The molecule has 34 heavy (non-hydrogen) atoms. The second-order valence-electron chi connectivity index (χ2n) is 7.24. The molecule has 171 valence electrons. The van der Waals surface area contributed by atoms with E-state index in [1.165, 1.54) is 14.2 Å². The summed E-state index contributed by atoms with van der Waals surface area (Å²) in [6.07, 6.45) is 2.38. The van der Waals surface area contributed by atoms with Gasteiger partial charge < -0.3 is 9.47 Å². The third kappa shape index (κ3) is 4.34. The van der Waals surface area contributed by atoms with Gasteiger partial charge in [0.05, 0.1) is 46.2 Å². The molecule has 0 N–H and O–H groups in total. The van der Waals surface area contributed by atoms with Crippen molar-refractivity contribution in [3.05, 3.63) is 87.8 Å². The number of hydrogen-bond acceptors (Lipinski definition) is 5. The molecule has 8 heteroatoms. The van der Waals surface area contributed by atoms with Gasteiger partial charge in [-0.05, 0) is 31.2 Å². The van der Waals surface area contributed by atoms with E-state index in [0.717, 1.165) is 6.29 Å². The summed E-state index contributed by atoms with van der Waals surface area (Å²) < 4.78 is 10.6. The van der Waals surface area contributed by atoms with Gasteiger partial charge in [0.25, 0.3) is 0 Å². The largest absolute Gasteiger partial charge is 0.496 e. The first-order valence-corrected chi connectivity index (χ1v) is 11.2. The number of halogens is 3. The van der Waals surface area contributed by atoms with Crippen LogP contribution in [-0.4, -0.2) is 30.5 Å². The van der Waals surface area contributed by atoms with E-state index in [1.807, 2.05) is 18.2 Å². The van der Waals surface area contributed by atoms with Crippen molar-refractivity contribution in [1.29, 1.82) is 0 Å². The van der Waals surface area contributed by atoms with E-state index in [2.05, 4.69) is 16.9 Å². The molecule has 0 spiro atoms. The molecule has 4 aromatic rings. The molecule has 0 saturated carbocycles. The second-order valence-corrected chi connectivity index (χ2v) is 8.40. The maximum atomic E-state index is 11.2. The molecule has 0 aliphatic heterocycles. The summed E-state index contributed by atoms with van der Waals surface area (Å²) in [6, 6.07) is 14.2. The molecule has 2 aromatic heterocycles. The lowest BCUT2D eigenvalue weighted by Crippen LogP contribution is -1.96. The van der Waals surface area contributed by atoms with Crippen LogP contribution in [0.5, 0.6) is 11.6 Å². The SMILES string of the molecule is [CH2]c1c(Cl)cc(-c2cccc(-c3ccnc(-c4ccc(C=O)c(OC)c4)c3Cl)c2Cl)nc1OC. The number of nitrogens with zero attached hydrogens (tertiary/aromatic N) is 2. The van der Waals surface area contributed by atoms with Gasteiger partial charge in [-0.25, -0.2) is 4.98 Å². The number of pyridine rings is 2. The highest BCUT2D eigenvalue weighted by molar-refractivity contribution is 6.39. The second kappa shape index (κ2) is 10.0. The molecule has 1 radical (unpaired) electrons. The molecule has 2 aromatic carbocycles. The van der Waals surface area contributed by atoms with Crippen molar-refractivity contribution >= 4 is 41.1 Å². The third-order valence-electron chi connectivity index (χ3n) is 5.31. The maximum Gasteiger partial charge on any atom is 0.218 e. The minimum absolute atomic E-state index is 0.320. The highest BCUT2D eigenvalue weighted by Gasteiger charge is 2.19. The summed E-state index contributed by atoms with van der Waals surface area (Å²) >= 11 is 20.0. The van der Waals surface area contributed by atoms with Crippen molar-refractivity contribution in [3.63, 3.8) is 0 Å². The number of carbonyl (C=O) groups is 1. The lowest BCUT2D eigenvalue weighted by molar-refractivity contribution is 0.112. The summed E-state index contributed by atoms with van der Waals surface area (Å²) in [6.45, 7) is 3.88. The van der Waals surface area contributed by atoms with Gasteiger partial charge in [-0.1, -0.05) is 59.1 Å². The van der Waals surface area contributed by atoms with E-state index >= 15 is 0 Å². The zero-order chi connectivity index (χ0) is 24.4. The van der Waals surface area contributed by atoms with Crippen LogP contribution < -0.4 is 9.47 Å². The predicted molar refractivity (Wildman–Crippen MR) is 136 cm³/mol. The van der Waals surface area contributed by atoms with Crippen LogP contribution in [0.4, 0.5) is 0 Å². The predicted octanol–water partition coefficient (Wildman–Crippen LogP) is 7.45. The Morgan fingerprint density at radius 3 is 2.35 bits per heavy atom. The average Bonchev–Trinajstić information content (AvgIpc) is 2.85. The zero-order valence-electron chi connectivity index (χ0n) is 18.2. The van der Waals surface area contributed by atoms with Crippen LogP contribution in [0.2, 0.25) is 15.1 Å². The highest BCUT2D eigenvalue weighted by atomic mass is 35.5. The number of benzene rings is 2. The summed E-state index contributed by atoms with van der Waals surface area (Å²) in [4.78, 5) is 20.2.